The fraction of sp³-hybridized carbons (Fsp3) is 0.300. The van der Waals surface area contributed by atoms with Crippen LogP contribution < -0.4 is 9.47 Å². The molecule has 0 unspecified atom stereocenters. The van der Waals surface area contributed by atoms with Gasteiger partial charge >= 0.3 is 11.9 Å². The van der Waals surface area contributed by atoms with Crippen LogP contribution in [0.3, 0.4) is 0 Å². The molecule has 0 aliphatic heterocycles. The van der Waals surface area contributed by atoms with E-state index in [-0.39, 0.29) is 11.1 Å². The summed E-state index contributed by atoms with van der Waals surface area (Å²) in [4.78, 5) is 33.0. The molecule has 138 valence electrons. The van der Waals surface area contributed by atoms with E-state index in [0.717, 1.165) is 12.8 Å². The van der Waals surface area contributed by atoms with Gasteiger partial charge < -0.3 is 9.47 Å². The van der Waals surface area contributed by atoms with Crippen LogP contribution in [0.2, 0.25) is 0 Å². The smallest absolute Gasteiger partial charge is 0.386 e. The molecule has 0 fully saturated rings. The first kappa shape index (κ1) is 19.3. The van der Waals surface area contributed by atoms with E-state index >= 15 is 0 Å². The first-order chi connectivity index (χ1) is 12.6. The molecule has 0 aliphatic rings. The fourth-order valence-electron chi connectivity index (χ4n) is 1.99. The number of carbonyl (C=O) groups excluding carboxylic acids is 2. The van der Waals surface area contributed by atoms with Crippen molar-refractivity contribution in [2.75, 3.05) is 13.2 Å². The highest BCUT2D eigenvalue weighted by Crippen LogP contribution is 2.15. The van der Waals surface area contributed by atoms with E-state index < -0.39 is 11.9 Å². The van der Waals surface area contributed by atoms with Gasteiger partial charge in [0.25, 0.3) is 0 Å². The second kappa shape index (κ2) is 10.1. The molecule has 6 nitrogen and oxygen atoms in total. The normalized spacial score (nSPS) is 10.1. The summed E-state index contributed by atoms with van der Waals surface area (Å²) in [6.07, 6.45) is 1.79. The van der Waals surface area contributed by atoms with Crippen molar-refractivity contribution in [3.63, 3.8) is 0 Å². The fourth-order valence-corrected chi connectivity index (χ4v) is 1.99. The van der Waals surface area contributed by atoms with Crippen LogP contribution in [0.1, 0.15) is 47.4 Å². The van der Waals surface area contributed by atoms with Gasteiger partial charge in [0.05, 0.1) is 24.3 Å². The minimum Gasteiger partial charge on any atom is -0.494 e. The molecule has 2 aromatic rings. The second-order valence-electron chi connectivity index (χ2n) is 5.49. The Kier molecular flexibility index (Phi) is 7.49. The van der Waals surface area contributed by atoms with Crippen LogP contribution in [0.4, 0.5) is 0 Å². The third-order valence-corrected chi connectivity index (χ3v) is 3.32. The molecule has 6 heteroatoms. The van der Waals surface area contributed by atoms with Gasteiger partial charge in [-0.25, -0.2) is 19.4 Å². The number of hydrogen-bond donors (Lipinski definition) is 0. The van der Waals surface area contributed by atoms with Crippen molar-refractivity contribution < 1.29 is 28.8 Å². The average molecular weight is 358 g/mol. The molecule has 0 heterocycles. The average Bonchev–Trinajstić information content (AvgIpc) is 2.69. The molecule has 0 aliphatic carbocycles. The molecule has 0 aromatic heterocycles. The van der Waals surface area contributed by atoms with Crippen molar-refractivity contribution in [2.24, 2.45) is 0 Å². The highest BCUT2D eigenvalue weighted by atomic mass is 17.2. The molecule has 0 bridgehead atoms. The molecule has 26 heavy (non-hydrogen) atoms. The van der Waals surface area contributed by atoms with Gasteiger partial charge in [-0.2, -0.15) is 0 Å². The Labute approximate surface area is 152 Å². The number of benzene rings is 2. The lowest BCUT2D eigenvalue weighted by Crippen LogP contribution is -2.11. The summed E-state index contributed by atoms with van der Waals surface area (Å²) in [5, 5.41) is 0. The van der Waals surface area contributed by atoms with Crippen LogP contribution in [-0.4, -0.2) is 25.2 Å². The Hall–Kier alpha value is -3.02. The van der Waals surface area contributed by atoms with Gasteiger partial charge in [0, 0.05) is 0 Å². The molecule has 0 saturated carbocycles. The van der Waals surface area contributed by atoms with Crippen molar-refractivity contribution in [3.8, 4) is 11.5 Å². The number of hydrogen-bond acceptors (Lipinski definition) is 6. The minimum atomic E-state index is -0.761. The lowest BCUT2D eigenvalue weighted by molar-refractivity contribution is -0.187. The summed E-state index contributed by atoms with van der Waals surface area (Å²) < 4.78 is 10.9. The van der Waals surface area contributed by atoms with Crippen LogP contribution >= 0.6 is 0 Å². The first-order valence-electron chi connectivity index (χ1n) is 8.53. The Bertz CT molecular complexity index is 643. The summed E-state index contributed by atoms with van der Waals surface area (Å²) in [5.74, 6) is -0.205. The largest absolute Gasteiger partial charge is 0.494 e. The predicted octanol–water partition coefficient (Wildman–Crippen LogP) is 4.19. The lowest BCUT2D eigenvalue weighted by Gasteiger charge is -2.07. The molecule has 0 saturated heterocycles. The summed E-state index contributed by atoms with van der Waals surface area (Å²) in [7, 11) is 0. The van der Waals surface area contributed by atoms with Crippen LogP contribution in [0.5, 0.6) is 11.5 Å². The van der Waals surface area contributed by atoms with Crippen LogP contribution in [0.15, 0.2) is 48.5 Å². The molecule has 0 atom stereocenters. The van der Waals surface area contributed by atoms with Crippen molar-refractivity contribution in [1.29, 1.82) is 0 Å². The minimum absolute atomic E-state index is 0.255. The zero-order valence-corrected chi connectivity index (χ0v) is 14.9. The zero-order valence-electron chi connectivity index (χ0n) is 14.9. The molecular weight excluding hydrogens is 336 g/mol. The van der Waals surface area contributed by atoms with E-state index in [9.17, 15) is 9.59 Å². The molecule has 0 radical (unpaired) electrons. The molecule has 0 N–H and O–H groups in total. The molecule has 0 spiro atoms. The van der Waals surface area contributed by atoms with E-state index in [1.54, 1.807) is 48.5 Å². The topological polar surface area (TPSA) is 71.1 Å². The van der Waals surface area contributed by atoms with E-state index in [4.69, 9.17) is 9.47 Å². The van der Waals surface area contributed by atoms with Crippen molar-refractivity contribution >= 4 is 11.9 Å². The first-order valence-corrected chi connectivity index (χ1v) is 8.53. The van der Waals surface area contributed by atoms with Crippen molar-refractivity contribution in [3.05, 3.63) is 59.7 Å². The van der Waals surface area contributed by atoms with Gasteiger partial charge in [0.2, 0.25) is 0 Å². The highest BCUT2D eigenvalue weighted by molar-refractivity contribution is 5.92. The maximum absolute atomic E-state index is 11.9. The van der Waals surface area contributed by atoms with Crippen LogP contribution in [-0.2, 0) is 9.78 Å². The highest BCUT2D eigenvalue weighted by Gasteiger charge is 2.14. The van der Waals surface area contributed by atoms with Crippen LogP contribution in [0, 0.1) is 0 Å². The van der Waals surface area contributed by atoms with Gasteiger partial charge in [-0.3, -0.25) is 0 Å². The van der Waals surface area contributed by atoms with E-state index in [1.807, 2.05) is 13.8 Å². The Morgan fingerprint density at radius 3 is 1.31 bits per heavy atom. The molecular formula is C20H22O6. The lowest BCUT2D eigenvalue weighted by atomic mass is 10.2. The summed E-state index contributed by atoms with van der Waals surface area (Å²) in [6.45, 7) is 5.21. The molecule has 2 aromatic carbocycles. The quantitative estimate of drug-likeness (QED) is 0.520. The zero-order chi connectivity index (χ0) is 18.8. The molecule has 0 amide bonds. The Morgan fingerprint density at radius 2 is 1.00 bits per heavy atom. The summed E-state index contributed by atoms with van der Waals surface area (Å²) in [5.41, 5.74) is 0.509. The van der Waals surface area contributed by atoms with Crippen LogP contribution in [0.25, 0.3) is 0 Å². The number of ether oxygens (including phenoxy) is 2. The second-order valence-corrected chi connectivity index (χ2v) is 5.49. The maximum Gasteiger partial charge on any atom is 0.386 e. The van der Waals surface area contributed by atoms with Gasteiger partial charge in [0.1, 0.15) is 11.5 Å². The summed E-state index contributed by atoms with van der Waals surface area (Å²) >= 11 is 0. The number of carbonyl (C=O) groups is 2. The van der Waals surface area contributed by atoms with Gasteiger partial charge in [0.15, 0.2) is 0 Å². The Morgan fingerprint density at radius 1 is 0.654 bits per heavy atom. The third-order valence-electron chi connectivity index (χ3n) is 3.32. The number of rotatable bonds is 8. The summed E-state index contributed by atoms with van der Waals surface area (Å²) in [6, 6.07) is 12.8. The van der Waals surface area contributed by atoms with E-state index in [0.29, 0.717) is 24.7 Å². The third kappa shape index (κ3) is 5.81. The monoisotopic (exact) mass is 358 g/mol. The van der Waals surface area contributed by atoms with Crippen molar-refractivity contribution in [1.82, 2.24) is 0 Å². The van der Waals surface area contributed by atoms with E-state index in [1.165, 1.54) is 0 Å². The Balaban J connectivity index is 1.85. The van der Waals surface area contributed by atoms with Gasteiger partial charge in [-0.05, 0) is 61.4 Å². The standard InChI is InChI=1S/C20H22O6/c1-3-13-23-17-9-5-15(6-10-17)19(21)25-26-20(22)16-7-11-18(12-8-16)24-14-4-2/h5-12H,3-4,13-14H2,1-2H3. The van der Waals surface area contributed by atoms with Crippen molar-refractivity contribution in [2.45, 2.75) is 26.7 Å². The SMILES string of the molecule is CCCOc1ccc(C(=O)OOC(=O)c2ccc(OCCC)cc2)cc1. The van der Waals surface area contributed by atoms with Gasteiger partial charge in [-0.15, -0.1) is 0 Å². The predicted molar refractivity (Wildman–Crippen MR) is 95.3 cm³/mol. The van der Waals surface area contributed by atoms with Gasteiger partial charge in [-0.1, -0.05) is 13.8 Å². The molecule has 2 rings (SSSR count). The van der Waals surface area contributed by atoms with E-state index in [2.05, 4.69) is 9.78 Å². The maximum atomic E-state index is 11.9.